The van der Waals surface area contributed by atoms with Gasteiger partial charge in [0.2, 0.25) is 0 Å². The Morgan fingerprint density at radius 2 is 0.619 bits per heavy atom. The molecule has 0 unspecified atom stereocenters. The largest absolute Gasteiger partial charge is 0.309 e. The van der Waals surface area contributed by atoms with Crippen LogP contribution in [0.4, 0.5) is 0 Å². The molecule has 0 atom stereocenters. The van der Waals surface area contributed by atoms with E-state index in [2.05, 4.69) is 238 Å². The molecular weight excluding hydrogens is 763 g/mol. The Bertz CT molecular complexity index is 4010. The van der Waals surface area contributed by atoms with Gasteiger partial charge in [-0.15, -0.1) is 0 Å². The Labute approximate surface area is 363 Å². The summed E-state index contributed by atoms with van der Waals surface area (Å²) in [5.74, 6) is 0. The normalized spacial score (nSPS) is 12.1. The Kier molecular flexibility index (Phi) is 7.11. The van der Waals surface area contributed by atoms with Crippen LogP contribution >= 0.6 is 0 Å². The molecule has 0 aliphatic carbocycles. The number of rotatable bonds is 4. The van der Waals surface area contributed by atoms with E-state index in [-0.39, 0.29) is 0 Å². The van der Waals surface area contributed by atoms with Gasteiger partial charge in [0.15, 0.2) is 0 Å². The summed E-state index contributed by atoms with van der Waals surface area (Å²) in [5, 5.41) is 7.54. The molecule has 3 aromatic heterocycles. The second kappa shape index (κ2) is 13.1. The third-order valence-electron chi connectivity index (χ3n) is 13.6. The number of hydrogen-bond donors (Lipinski definition) is 0. The topological polar surface area (TPSA) is 14.8 Å². The summed E-state index contributed by atoms with van der Waals surface area (Å²) in [7, 11) is 0. The molecular formula is C60H37N3. The van der Waals surface area contributed by atoms with Crippen molar-refractivity contribution in [1.29, 1.82) is 0 Å². The second-order valence-electron chi connectivity index (χ2n) is 16.9. The standard InChI is InChI=1S/C60H37N3/c1-3-14-42(15-4-1)61-54-24-11-10-21-47(54)51-35-39(26-30-56(51)61)41-28-32-58-53(37-41)52-36-40(27-31-57(52)62(58)43-16-5-2-6-17-43)38-29-33-59-50(34-38)45-19-8-7-18-44(45)48-22-13-23-49-46-20-9-12-25-55(46)63(59)60(48)49/h1-37H. The summed E-state index contributed by atoms with van der Waals surface area (Å²) in [6.07, 6.45) is 0. The van der Waals surface area contributed by atoms with Crippen LogP contribution in [-0.2, 0) is 0 Å². The Morgan fingerprint density at radius 1 is 0.222 bits per heavy atom. The van der Waals surface area contributed by atoms with E-state index in [4.69, 9.17) is 0 Å². The number of fused-ring (bicyclic) bond motifs is 14. The fourth-order valence-electron chi connectivity index (χ4n) is 10.8. The minimum absolute atomic E-state index is 1.15. The van der Waals surface area contributed by atoms with Gasteiger partial charge in [-0.1, -0.05) is 140 Å². The lowest BCUT2D eigenvalue weighted by Crippen LogP contribution is -1.96. The second-order valence-corrected chi connectivity index (χ2v) is 16.9. The molecule has 0 saturated heterocycles. The molecule has 63 heavy (non-hydrogen) atoms. The number of hydrogen-bond acceptors (Lipinski definition) is 0. The van der Waals surface area contributed by atoms with Gasteiger partial charge in [-0.3, -0.25) is 0 Å². The first kappa shape index (κ1) is 34.3. The summed E-state index contributed by atoms with van der Waals surface area (Å²) in [6.45, 7) is 0. The average Bonchev–Trinajstić information content (AvgIpc) is 3.96. The first-order valence-electron chi connectivity index (χ1n) is 21.8. The van der Waals surface area contributed by atoms with E-state index in [1.54, 1.807) is 0 Å². The molecule has 3 nitrogen and oxygen atoms in total. The van der Waals surface area contributed by atoms with Crippen LogP contribution in [0.15, 0.2) is 224 Å². The van der Waals surface area contributed by atoms with Crippen LogP contribution in [0.1, 0.15) is 0 Å². The van der Waals surface area contributed by atoms with E-state index in [1.165, 1.54) is 121 Å². The van der Waals surface area contributed by atoms with Crippen molar-refractivity contribution in [3.63, 3.8) is 0 Å². The first-order valence-corrected chi connectivity index (χ1v) is 21.8. The maximum atomic E-state index is 2.49. The van der Waals surface area contributed by atoms with E-state index >= 15 is 0 Å². The SMILES string of the molecule is c1ccc(-n2c3ccccc3c3cc(-c4ccc5c(c4)c4cc(-c6ccc7c(c6)-c6ccccc6-c6cccc8c9ccccc9n-7c68)ccc4n5-c4ccccc4)ccc32)cc1. The van der Waals surface area contributed by atoms with E-state index in [0.717, 1.165) is 5.69 Å². The lowest BCUT2D eigenvalue weighted by Gasteiger charge is -2.15. The molecule has 0 amide bonds. The van der Waals surface area contributed by atoms with Gasteiger partial charge in [0.1, 0.15) is 0 Å². The van der Waals surface area contributed by atoms with Crippen molar-refractivity contribution in [2.45, 2.75) is 0 Å². The van der Waals surface area contributed by atoms with Gasteiger partial charge in [-0.05, 0) is 118 Å². The molecule has 0 radical (unpaired) electrons. The zero-order valence-electron chi connectivity index (χ0n) is 34.2. The third kappa shape index (κ3) is 4.90. The van der Waals surface area contributed by atoms with Crippen molar-refractivity contribution in [1.82, 2.24) is 13.7 Å². The van der Waals surface area contributed by atoms with Crippen LogP contribution < -0.4 is 0 Å². The molecule has 0 fully saturated rings. The summed E-state index contributed by atoms with van der Waals surface area (Å²) < 4.78 is 7.30. The maximum Gasteiger partial charge on any atom is 0.0619 e. The van der Waals surface area contributed by atoms with Gasteiger partial charge in [0, 0.05) is 54.8 Å². The minimum atomic E-state index is 1.15. The van der Waals surface area contributed by atoms with Gasteiger partial charge in [0.05, 0.1) is 38.8 Å². The Balaban J connectivity index is 0.972. The van der Waals surface area contributed by atoms with E-state index in [1.807, 2.05) is 0 Å². The van der Waals surface area contributed by atoms with Crippen molar-refractivity contribution in [3.05, 3.63) is 224 Å². The quantitative estimate of drug-likeness (QED) is 0.168. The van der Waals surface area contributed by atoms with Crippen molar-refractivity contribution in [3.8, 4) is 61.6 Å². The summed E-state index contributed by atoms with van der Waals surface area (Å²) in [4.78, 5) is 0. The molecule has 0 saturated carbocycles. The van der Waals surface area contributed by atoms with Crippen LogP contribution in [0.5, 0.6) is 0 Å². The van der Waals surface area contributed by atoms with Gasteiger partial charge in [-0.2, -0.15) is 0 Å². The molecule has 13 aromatic rings. The Hall–Kier alpha value is -8.40. The van der Waals surface area contributed by atoms with E-state index in [9.17, 15) is 0 Å². The molecule has 0 N–H and O–H groups in total. The monoisotopic (exact) mass is 799 g/mol. The molecule has 1 aliphatic heterocycles. The summed E-state index contributed by atoms with van der Waals surface area (Å²) in [5.41, 5.74) is 20.6. The van der Waals surface area contributed by atoms with Crippen molar-refractivity contribution < 1.29 is 0 Å². The van der Waals surface area contributed by atoms with E-state index in [0.29, 0.717) is 0 Å². The average molecular weight is 800 g/mol. The van der Waals surface area contributed by atoms with Gasteiger partial charge < -0.3 is 13.7 Å². The number of para-hydroxylation sites is 5. The molecule has 0 bridgehead atoms. The molecule has 10 aromatic carbocycles. The maximum absolute atomic E-state index is 2.49. The van der Waals surface area contributed by atoms with Crippen LogP contribution in [0.3, 0.4) is 0 Å². The highest BCUT2D eigenvalue weighted by atomic mass is 15.0. The highest BCUT2D eigenvalue weighted by Crippen LogP contribution is 2.48. The summed E-state index contributed by atoms with van der Waals surface area (Å²) >= 11 is 0. The van der Waals surface area contributed by atoms with Gasteiger partial charge >= 0.3 is 0 Å². The molecule has 0 spiro atoms. The number of aromatic nitrogens is 3. The van der Waals surface area contributed by atoms with Gasteiger partial charge in [0.25, 0.3) is 0 Å². The highest BCUT2D eigenvalue weighted by molar-refractivity contribution is 6.17. The van der Waals surface area contributed by atoms with Crippen LogP contribution in [0, 0.1) is 0 Å². The summed E-state index contributed by atoms with van der Waals surface area (Å²) in [6, 6.07) is 82.9. The predicted molar refractivity (Wildman–Crippen MR) is 265 cm³/mol. The van der Waals surface area contributed by atoms with Crippen LogP contribution in [0.2, 0.25) is 0 Å². The third-order valence-corrected chi connectivity index (χ3v) is 13.6. The smallest absolute Gasteiger partial charge is 0.0619 e. The molecule has 292 valence electrons. The fraction of sp³-hybridized carbons (Fsp3) is 0. The molecule has 14 rings (SSSR count). The van der Waals surface area contributed by atoms with Crippen LogP contribution in [0.25, 0.3) is 127 Å². The molecule has 3 heteroatoms. The lowest BCUT2D eigenvalue weighted by atomic mass is 9.91. The van der Waals surface area contributed by atoms with E-state index < -0.39 is 0 Å². The van der Waals surface area contributed by atoms with Crippen LogP contribution in [-0.4, -0.2) is 13.7 Å². The molecule has 1 aliphatic rings. The zero-order valence-corrected chi connectivity index (χ0v) is 34.2. The lowest BCUT2D eigenvalue weighted by molar-refractivity contribution is 1.18. The first-order chi connectivity index (χ1) is 31.3. The number of nitrogens with zero attached hydrogens (tertiary/aromatic N) is 3. The highest BCUT2D eigenvalue weighted by Gasteiger charge is 2.25. The Morgan fingerprint density at radius 3 is 1.21 bits per heavy atom. The van der Waals surface area contributed by atoms with Gasteiger partial charge in [-0.25, -0.2) is 0 Å². The minimum Gasteiger partial charge on any atom is -0.309 e. The number of benzene rings is 10. The van der Waals surface area contributed by atoms with Crippen molar-refractivity contribution in [2.24, 2.45) is 0 Å². The predicted octanol–water partition coefficient (Wildman–Crippen LogP) is 16.0. The molecule has 4 heterocycles. The zero-order chi connectivity index (χ0) is 41.2. The fourth-order valence-corrected chi connectivity index (χ4v) is 10.8. The van der Waals surface area contributed by atoms with Crippen molar-refractivity contribution in [2.75, 3.05) is 0 Å². The van der Waals surface area contributed by atoms with Crippen molar-refractivity contribution >= 4 is 65.4 Å².